The number of hydrogen-bond acceptors (Lipinski definition) is 7. The van der Waals surface area contributed by atoms with Crippen molar-refractivity contribution < 1.29 is 13.2 Å². The van der Waals surface area contributed by atoms with Crippen molar-refractivity contribution in [2.45, 2.75) is 44.3 Å². The van der Waals surface area contributed by atoms with Gasteiger partial charge in [0.25, 0.3) is 0 Å². The molecule has 40 heavy (non-hydrogen) atoms. The lowest BCUT2D eigenvalue weighted by Gasteiger charge is -2.21. The second-order valence-electron chi connectivity index (χ2n) is 10.5. The maximum absolute atomic E-state index is 13.1. The molecule has 1 saturated carbocycles. The fourth-order valence-corrected chi connectivity index (χ4v) is 5.34. The SMILES string of the molecule is Cn1cc(C(F)(F)F)nc1-c1ccc(Cn2ncc3cnc(-c4c(C5CC5)ncnc4N4CCCC4)nc32)cc1. The lowest BCUT2D eigenvalue weighted by Crippen LogP contribution is -2.21. The molecule has 0 N–H and O–H groups in total. The van der Waals surface area contributed by atoms with E-state index in [-0.39, 0.29) is 5.82 Å². The van der Waals surface area contributed by atoms with Crippen LogP contribution in [0, 0.1) is 0 Å². The number of fused-ring (bicyclic) bond motifs is 1. The zero-order valence-corrected chi connectivity index (χ0v) is 21.8. The van der Waals surface area contributed by atoms with Crippen LogP contribution in [0.2, 0.25) is 0 Å². The summed E-state index contributed by atoms with van der Waals surface area (Å²) in [5.74, 6) is 2.17. The van der Waals surface area contributed by atoms with Crippen LogP contribution in [0.4, 0.5) is 19.0 Å². The number of nitrogens with zero attached hydrogens (tertiary/aromatic N) is 9. The highest BCUT2D eigenvalue weighted by atomic mass is 19.4. The first-order chi connectivity index (χ1) is 19.3. The van der Waals surface area contributed by atoms with Gasteiger partial charge in [0, 0.05) is 44.0 Å². The summed E-state index contributed by atoms with van der Waals surface area (Å²) < 4.78 is 42.5. The summed E-state index contributed by atoms with van der Waals surface area (Å²) in [5, 5.41) is 5.37. The van der Waals surface area contributed by atoms with Crippen LogP contribution >= 0.6 is 0 Å². The average Bonchev–Trinajstić information content (AvgIpc) is 3.30. The van der Waals surface area contributed by atoms with Crippen molar-refractivity contribution in [3.8, 4) is 22.8 Å². The highest BCUT2D eigenvalue weighted by Gasteiger charge is 2.35. The van der Waals surface area contributed by atoms with Gasteiger partial charge in [-0.3, -0.25) is 0 Å². The van der Waals surface area contributed by atoms with Gasteiger partial charge in [-0.1, -0.05) is 24.3 Å². The second-order valence-corrected chi connectivity index (χ2v) is 10.5. The van der Waals surface area contributed by atoms with Crippen LogP contribution < -0.4 is 4.90 Å². The molecule has 204 valence electrons. The van der Waals surface area contributed by atoms with E-state index in [2.05, 4.69) is 25.0 Å². The van der Waals surface area contributed by atoms with Crippen molar-refractivity contribution in [2.24, 2.45) is 7.05 Å². The predicted octanol–water partition coefficient (Wildman–Crippen LogP) is 5.23. The molecular formula is C28H26F3N9. The van der Waals surface area contributed by atoms with Gasteiger partial charge < -0.3 is 9.47 Å². The number of benzene rings is 1. The molecule has 4 aromatic heterocycles. The molecule has 1 aromatic carbocycles. The third-order valence-corrected chi connectivity index (χ3v) is 7.54. The van der Waals surface area contributed by atoms with Crippen LogP contribution in [0.3, 0.4) is 0 Å². The van der Waals surface area contributed by atoms with Crippen molar-refractivity contribution in [1.29, 1.82) is 0 Å². The molecular weight excluding hydrogens is 519 g/mol. The fraction of sp³-hybridized carbons (Fsp3) is 0.357. The summed E-state index contributed by atoms with van der Waals surface area (Å²) >= 11 is 0. The number of halogens is 3. The number of hydrogen-bond donors (Lipinski definition) is 0. The summed E-state index contributed by atoms with van der Waals surface area (Å²) in [6, 6.07) is 7.29. The lowest BCUT2D eigenvalue weighted by molar-refractivity contribution is -0.140. The monoisotopic (exact) mass is 545 g/mol. The van der Waals surface area contributed by atoms with Crippen LogP contribution in [0.5, 0.6) is 0 Å². The van der Waals surface area contributed by atoms with E-state index in [9.17, 15) is 13.2 Å². The molecule has 1 aliphatic carbocycles. The Morgan fingerprint density at radius 2 is 1.73 bits per heavy atom. The molecule has 1 saturated heterocycles. The molecule has 0 amide bonds. The van der Waals surface area contributed by atoms with Gasteiger partial charge >= 0.3 is 6.18 Å². The lowest BCUT2D eigenvalue weighted by atomic mass is 10.1. The minimum Gasteiger partial charge on any atom is -0.356 e. The predicted molar refractivity (Wildman–Crippen MR) is 143 cm³/mol. The molecule has 0 atom stereocenters. The Morgan fingerprint density at radius 1 is 0.950 bits per heavy atom. The highest BCUT2D eigenvalue weighted by molar-refractivity contribution is 5.80. The van der Waals surface area contributed by atoms with Crippen LogP contribution in [-0.2, 0) is 19.8 Å². The van der Waals surface area contributed by atoms with E-state index in [1.165, 1.54) is 4.57 Å². The fourth-order valence-electron chi connectivity index (χ4n) is 5.34. The topological polar surface area (TPSA) is 90.4 Å². The van der Waals surface area contributed by atoms with Crippen LogP contribution in [0.15, 0.2) is 49.2 Å². The van der Waals surface area contributed by atoms with Crippen molar-refractivity contribution in [3.05, 3.63) is 66.1 Å². The number of aromatic nitrogens is 8. The minimum absolute atomic E-state index is 0.256. The summed E-state index contributed by atoms with van der Waals surface area (Å²) in [7, 11) is 1.56. The quantitative estimate of drug-likeness (QED) is 0.289. The third-order valence-electron chi connectivity index (χ3n) is 7.54. The zero-order chi connectivity index (χ0) is 27.4. The molecule has 0 bridgehead atoms. The highest BCUT2D eigenvalue weighted by Crippen LogP contribution is 2.45. The number of rotatable bonds is 6. The Hall–Kier alpha value is -4.35. The molecule has 7 rings (SSSR count). The van der Waals surface area contributed by atoms with Crippen LogP contribution in [0.25, 0.3) is 33.8 Å². The van der Waals surface area contributed by atoms with E-state index in [4.69, 9.17) is 9.97 Å². The van der Waals surface area contributed by atoms with Crippen molar-refractivity contribution in [3.63, 3.8) is 0 Å². The summed E-state index contributed by atoms with van der Waals surface area (Å²) in [5.41, 5.74) is 3.25. The maximum atomic E-state index is 13.1. The average molecular weight is 546 g/mol. The van der Waals surface area contributed by atoms with Gasteiger partial charge in [0.2, 0.25) is 0 Å². The first kappa shape index (κ1) is 24.7. The van der Waals surface area contributed by atoms with Crippen LogP contribution in [-0.4, -0.2) is 52.4 Å². The smallest absolute Gasteiger partial charge is 0.356 e. The standard InChI is InChI=1S/C28H26F3N9/c1-38-15-21(28(29,30)31)36-25(38)19-6-4-17(5-7-19)14-40-26-20(13-35-40)12-32-24(37-26)22-23(18-8-9-18)33-16-34-27(22)39-10-2-3-11-39/h4-7,12-13,15-16,18H,2-3,8-11,14H2,1H3. The largest absolute Gasteiger partial charge is 0.434 e. The third kappa shape index (κ3) is 4.46. The number of aryl methyl sites for hydroxylation is 1. The summed E-state index contributed by atoms with van der Waals surface area (Å²) in [6.45, 7) is 2.36. The summed E-state index contributed by atoms with van der Waals surface area (Å²) in [6.07, 6.45) is 6.19. The summed E-state index contributed by atoms with van der Waals surface area (Å²) in [4.78, 5) is 25.1. The molecule has 5 heterocycles. The molecule has 1 aliphatic heterocycles. The Labute approximate surface area is 227 Å². The molecule has 0 radical (unpaired) electrons. The van der Waals surface area contributed by atoms with E-state index in [1.807, 2.05) is 16.8 Å². The maximum Gasteiger partial charge on any atom is 0.434 e. The molecule has 9 nitrogen and oxygen atoms in total. The second kappa shape index (κ2) is 9.39. The first-order valence-electron chi connectivity index (χ1n) is 13.3. The Morgan fingerprint density at radius 3 is 2.42 bits per heavy atom. The molecule has 0 spiro atoms. The van der Waals surface area contributed by atoms with Gasteiger partial charge in [-0.05, 0) is 31.2 Å². The van der Waals surface area contributed by atoms with Gasteiger partial charge in [0.1, 0.15) is 18.0 Å². The van der Waals surface area contributed by atoms with Gasteiger partial charge in [-0.25, -0.2) is 29.6 Å². The number of alkyl halides is 3. The molecule has 0 unspecified atom stereocenters. The Kier molecular flexibility index (Phi) is 5.79. The normalized spacial score (nSPS) is 15.8. The minimum atomic E-state index is -4.49. The zero-order valence-electron chi connectivity index (χ0n) is 21.8. The molecule has 12 heteroatoms. The molecule has 2 aliphatic rings. The van der Waals surface area contributed by atoms with E-state index in [0.29, 0.717) is 29.5 Å². The van der Waals surface area contributed by atoms with Crippen LogP contribution in [0.1, 0.15) is 48.6 Å². The Bertz CT molecular complexity index is 1690. The molecule has 5 aromatic rings. The van der Waals surface area contributed by atoms with E-state index in [1.54, 1.807) is 37.9 Å². The first-order valence-corrected chi connectivity index (χ1v) is 13.3. The van der Waals surface area contributed by atoms with Gasteiger partial charge in [0.15, 0.2) is 17.2 Å². The van der Waals surface area contributed by atoms with E-state index in [0.717, 1.165) is 73.0 Å². The van der Waals surface area contributed by atoms with Gasteiger partial charge in [-0.2, -0.15) is 18.3 Å². The van der Waals surface area contributed by atoms with Crippen molar-refractivity contribution in [1.82, 2.24) is 39.3 Å². The number of anilines is 1. The Balaban J connectivity index is 1.21. The van der Waals surface area contributed by atoms with Crippen molar-refractivity contribution in [2.75, 3.05) is 18.0 Å². The number of imidazole rings is 1. The van der Waals surface area contributed by atoms with E-state index < -0.39 is 11.9 Å². The van der Waals surface area contributed by atoms with Gasteiger partial charge in [0.05, 0.1) is 29.4 Å². The van der Waals surface area contributed by atoms with Gasteiger partial charge in [-0.15, -0.1) is 0 Å². The van der Waals surface area contributed by atoms with E-state index >= 15 is 0 Å². The van der Waals surface area contributed by atoms with Crippen molar-refractivity contribution >= 4 is 16.9 Å². The molecule has 2 fully saturated rings.